The Morgan fingerprint density at radius 1 is 1.15 bits per heavy atom. The highest BCUT2D eigenvalue weighted by molar-refractivity contribution is 5.76. The Labute approximate surface area is 196 Å². The molecule has 0 aliphatic rings. The predicted octanol–water partition coefficient (Wildman–Crippen LogP) is 4.61. The molecule has 0 atom stereocenters. The van der Waals surface area contributed by atoms with Gasteiger partial charge in [-0.3, -0.25) is 14.6 Å². The molecule has 1 amide bonds. The summed E-state index contributed by atoms with van der Waals surface area (Å²) in [5.74, 6) is 0.166. The monoisotopic (exact) mass is 446 g/mol. The Morgan fingerprint density at radius 3 is 2.70 bits per heavy atom. The fourth-order valence-electron chi connectivity index (χ4n) is 4.10. The summed E-state index contributed by atoms with van der Waals surface area (Å²) in [7, 11) is 1.89. The maximum absolute atomic E-state index is 12.6. The number of carbonyl (C=O) groups is 1. The van der Waals surface area contributed by atoms with E-state index in [0.717, 1.165) is 66.1 Å². The van der Waals surface area contributed by atoms with Crippen LogP contribution in [-0.2, 0) is 24.2 Å². The lowest BCUT2D eigenvalue weighted by Gasteiger charge is -2.17. The van der Waals surface area contributed by atoms with Crippen molar-refractivity contribution in [3.8, 4) is 17.3 Å². The molecule has 3 rings (SSSR count). The maximum atomic E-state index is 12.6. The van der Waals surface area contributed by atoms with E-state index in [2.05, 4.69) is 39.6 Å². The molecule has 174 valence electrons. The number of benzene rings is 1. The van der Waals surface area contributed by atoms with Crippen LogP contribution in [-0.4, -0.2) is 44.4 Å². The summed E-state index contributed by atoms with van der Waals surface area (Å²) < 4.78 is 1.88. The van der Waals surface area contributed by atoms with E-state index in [1.165, 1.54) is 0 Å². The van der Waals surface area contributed by atoms with E-state index < -0.39 is 0 Å². The minimum absolute atomic E-state index is 0.166. The number of nitriles is 1. The molecule has 3 aromatic rings. The Kier molecular flexibility index (Phi) is 8.82. The summed E-state index contributed by atoms with van der Waals surface area (Å²) in [5, 5.41) is 20.9. The Bertz CT molecular complexity index is 1080. The van der Waals surface area contributed by atoms with E-state index in [-0.39, 0.29) is 5.91 Å². The van der Waals surface area contributed by atoms with Crippen LogP contribution >= 0.6 is 0 Å². The molecule has 1 aromatic carbocycles. The van der Waals surface area contributed by atoms with Crippen molar-refractivity contribution in [3.63, 3.8) is 0 Å². The molecule has 0 saturated carbocycles. The van der Waals surface area contributed by atoms with Crippen LogP contribution in [0.4, 0.5) is 0 Å². The fourth-order valence-corrected chi connectivity index (χ4v) is 4.10. The summed E-state index contributed by atoms with van der Waals surface area (Å²) in [6.45, 7) is 5.37. The molecule has 0 aliphatic carbocycles. The number of carbonyl (C=O) groups excluding carboxylic acids is 1. The first-order valence-corrected chi connectivity index (χ1v) is 11.7. The molecule has 0 spiro atoms. The molecule has 0 saturated heterocycles. The molecule has 0 fully saturated rings. The zero-order chi connectivity index (χ0) is 23.6. The lowest BCUT2D eigenvalue weighted by Crippen LogP contribution is -2.28. The van der Waals surface area contributed by atoms with Gasteiger partial charge in [0.2, 0.25) is 5.91 Å². The number of hydrogen-bond donors (Lipinski definition) is 1. The Hall–Kier alpha value is -3.40. The standard InChI is InChI=1S/C26H34N6O/c1-20-24(21(2)32(30-20)18-10-16-27)14-15-26(33)31(3)17-9-5-8-13-23-19-25(29-28-23)22-11-6-4-7-12-22/h4,6-7,11-12,19H,5,8-10,13-15,17-18H2,1-3H3,(H,28,29). The van der Waals surface area contributed by atoms with E-state index in [0.29, 0.717) is 25.8 Å². The summed E-state index contributed by atoms with van der Waals surface area (Å²) in [4.78, 5) is 14.4. The third kappa shape index (κ3) is 6.79. The number of unbranched alkanes of at least 4 members (excludes halogenated alkanes) is 2. The van der Waals surface area contributed by atoms with E-state index >= 15 is 0 Å². The topological polar surface area (TPSA) is 90.6 Å². The van der Waals surface area contributed by atoms with E-state index in [4.69, 9.17) is 5.26 Å². The third-order valence-corrected chi connectivity index (χ3v) is 6.12. The zero-order valence-electron chi connectivity index (χ0n) is 20.0. The van der Waals surface area contributed by atoms with Crippen molar-refractivity contribution >= 4 is 5.91 Å². The molecule has 0 bridgehead atoms. The largest absolute Gasteiger partial charge is 0.346 e. The third-order valence-electron chi connectivity index (χ3n) is 6.12. The van der Waals surface area contributed by atoms with E-state index in [9.17, 15) is 4.79 Å². The second kappa shape index (κ2) is 12.0. The molecular weight excluding hydrogens is 412 g/mol. The van der Waals surface area contributed by atoms with Gasteiger partial charge in [-0.1, -0.05) is 36.8 Å². The SMILES string of the molecule is Cc1nn(CCC#N)c(C)c1CCC(=O)N(C)CCCCCc1cc(-c2ccccc2)n[nH]1. The van der Waals surface area contributed by atoms with E-state index in [1.807, 2.05) is 48.7 Å². The van der Waals surface area contributed by atoms with Crippen LogP contribution in [0.15, 0.2) is 36.4 Å². The number of H-pyrrole nitrogens is 1. The predicted molar refractivity (Wildman–Crippen MR) is 129 cm³/mol. The highest BCUT2D eigenvalue weighted by Gasteiger charge is 2.15. The van der Waals surface area contributed by atoms with Crippen molar-refractivity contribution in [1.82, 2.24) is 24.9 Å². The molecule has 33 heavy (non-hydrogen) atoms. The number of nitrogens with zero attached hydrogens (tertiary/aromatic N) is 5. The van der Waals surface area contributed by atoms with Gasteiger partial charge in [0.15, 0.2) is 0 Å². The van der Waals surface area contributed by atoms with Gasteiger partial charge in [-0.25, -0.2) is 0 Å². The Balaban J connectivity index is 1.35. The average molecular weight is 447 g/mol. The van der Waals surface area contributed by atoms with Crippen LogP contribution in [0.1, 0.15) is 54.7 Å². The number of aromatic nitrogens is 4. The van der Waals surface area contributed by atoms with Gasteiger partial charge in [0.25, 0.3) is 0 Å². The van der Waals surface area contributed by atoms with Gasteiger partial charge < -0.3 is 4.90 Å². The summed E-state index contributed by atoms with van der Waals surface area (Å²) in [5.41, 5.74) is 6.41. The van der Waals surface area contributed by atoms with Crippen molar-refractivity contribution < 1.29 is 4.79 Å². The summed E-state index contributed by atoms with van der Waals surface area (Å²) in [6, 6.07) is 14.5. The average Bonchev–Trinajstić information content (AvgIpc) is 3.40. The summed E-state index contributed by atoms with van der Waals surface area (Å²) in [6.07, 6.45) is 5.71. The first-order valence-electron chi connectivity index (χ1n) is 11.7. The second-order valence-electron chi connectivity index (χ2n) is 8.55. The van der Waals surface area contributed by atoms with Crippen molar-refractivity contribution in [2.24, 2.45) is 0 Å². The quantitative estimate of drug-likeness (QED) is 0.411. The fraction of sp³-hybridized carbons (Fsp3) is 0.462. The molecule has 1 N–H and O–H groups in total. The van der Waals surface area contributed by atoms with Gasteiger partial charge in [-0.05, 0) is 51.2 Å². The highest BCUT2D eigenvalue weighted by atomic mass is 16.2. The molecule has 0 unspecified atom stereocenters. The number of aromatic amines is 1. The summed E-state index contributed by atoms with van der Waals surface area (Å²) >= 11 is 0. The zero-order valence-corrected chi connectivity index (χ0v) is 20.0. The maximum Gasteiger partial charge on any atom is 0.222 e. The number of rotatable bonds is 12. The molecule has 2 heterocycles. The molecular formula is C26H34N6O. The van der Waals surface area contributed by atoms with Gasteiger partial charge in [0.05, 0.1) is 30.4 Å². The van der Waals surface area contributed by atoms with Crippen LogP contribution in [0.3, 0.4) is 0 Å². The van der Waals surface area contributed by atoms with Crippen LogP contribution in [0, 0.1) is 25.2 Å². The number of aryl methyl sites for hydroxylation is 3. The first-order chi connectivity index (χ1) is 16.0. The highest BCUT2D eigenvalue weighted by Crippen LogP contribution is 2.18. The molecule has 7 heteroatoms. The van der Waals surface area contributed by atoms with Gasteiger partial charge in [0.1, 0.15) is 0 Å². The second-order valence-corrected chi connectivity index (χ2v) is 8.55. The first kappa shape index (κ1) is 24.2. The van der Waals surface area contributed by atoms with Crippen LogP contribution in [0.5, 0.6) is 0 Å². The molecule has 2 aromatic heterocycles. The van der Waals surface area contributed by atoms with Crippen LogP contribution in [0.25, 0.3) is 11.3 Å². The minimum Gasteiger partial charge on any atom is -0.346 e. The Morgan fingerprint density at radius 2 is 1.94 bits per heavy atom. The van der Waals surface area contributed by atoms with Gasteiger partial charge in [0, 0.05) is 37.0 Å². The van der Waals surface area contributed by atoms with Crippen molar-refractivity contribution in [2.45, 2.75) is 65.3 Å². The van der Waals surface area contributed by atoms with Crippen molar-refractivity contribution in [1.29, 1.82) is 5.26 Å². The number of nitrogens with one attached hydrogen (secondary N) is 1. The number of amides is 1. The van der Waals surface area contributed by atoms with Crippen molar-refractivity contribution in [2.75, 3.05) is 13.6 Å². The van der Waals surface area contributed by atoms with Gasteiger partial charge in [-0.2, -0.15) is 15.5 Å². The molecule has 0 radical (unpaired) electrons. The minimum atomic E-state index is 0.166. The molecule has 7 nitrogen and oxygen atoms in total. The lowest BCUT2D eigenvalue weighted by molar-refractivity contribution is -0.129. The normalized spacial score (nSPS) is 10.8. The van der Waals surface area contributed by atoms with Gasteiger partial charge in [-0.15, -0.1) is 0 Å². The van der Waals surface area contributed by atoms with Gasteiger partial charge >= 0.3 is 0 Å². The van der Waals surface area contributed by atoms with Crippen molar-refractivity contribution in [3.05, 3.63) is 59.0 Å². The van der Waals surface area contributed by atoms with E-state index in [1.54, 1.807) is 0 Å². The van der Waals surface area contributed by atoms with Crippen LogP contribution in [0.2, 0.25) is 0 Å². The lowest BCUT2D eigenvalue weighted by atomic mass is 10.1. The smallest absolute Gasteiger partial charge is 0.222 e. The number of hydrogen-bond acceptors (Lipinski definition) is 4. The van der Waals surface area contributed by atoms with Crippen LogP contribution < -0.4 is 0 Å². The molecule has 0 aliphatic heterocycles.